The maximum Gasteiger partial charge on any atom is 0.424 e. The van der Waals surface area contributed by atoms with E-state index >= 15 is 0 Å². The van der Waals surface area contributed by atoms with Crippen molar-refractivity contribution in [3.05, 3.63) is 16.1 Å². The number of thiazole rings is 1. The normalized spacial score (nSPS) is 15.0. The maximum atomic E-state index is 13.2. The fraction of sp³-hybridized carbons (Fsp3) is 0.643. The van der Waals surface area contributed by atoms with Crippen LogP contribution < -0.4 is 5.32 Å². The molecular formula is C14H19F3N2O4S. The smallest absolute Gasteiger partial charge is 0.424 e. The summed E-state index contributed by atoms with van der Waals surface area (Å²) in [5.41, 5.74) is -4.19. The number of carboxylic acids is 1. The van der Waals surface area contributed by atoms with E-state index in [1.165, 1.54) is 26.2 Å². The first kappa shape index (κ1) is 20.4. The average Bonchev–Trinajstić information content (AvgIpc) is 2.84. The lowest BCUT2D eigenvalue weighted by molar-refractivity contribution is -0.267. The van der Waals surface area contributed by atoms with Gasteiger partial charge in [0.05, 0.1) is 11.8 Å². The number of aliphatic carboxylic acids is 1. The van der Waals surface area contributed by atoms with Gasteiger partial charge in [0.25, 0.3) is 0 Å². The number of hydrogen-bond donors (Lipinski definition) is 3. The Labute approximate surface area is 140 Å². The molecule has 1 aromatic heterocycles. The lowest BCUT2D eigenvalue weighted by Crippen LogP contribution is -2.46. The van der Waals surface area contributed by atoms with Crippen LogP contribution in [-0.4, -0.2) is 39.8 Å². The van der Waals surface area contributed by atoms with E-state index in [1.807, 2.05) is 0 Å². The molecule has 0 saturated carbocycles. The highest BCUT2D eigenvalue weighted by Crippen LogP contribution is 2.42. The zero-order chi connectivity index (χ0) is 18.8. The van der Waals surface area contributed by atoms with Gasteiger partial charge in [0, 0.05) is 17.6 Å². The summed E-state index contributed by atoms with van der Waals surface area (Å²) < 4.78 is 39.7. The number of rotatable bonds is 7. The van der Waals surface area contributed by atoms with E-state index in [0.717, 1.165) is 0 Å². The molecule has 0 aliphatic carbocycles. The fourth-order valence-corrected chi connectivity index (χ4v) is 2.67. The molecule has 3 N–H and O–H groups in total. The van der Waals surface area contributed by atoms with E-state index in [1.54, 1.807) is 0 Å². The Kier molecular flexibility index (Phi) is 5.99. The Balaban J connectivity index is 2.79. The van der Waals surface area contributed by atoms with E-state index in [2.05, 4.69) is 10.3 Å². The highest BCUT2D eigenvalue weighted by atomic mass is 32.1. The van der Waals surface area contributed by atoms with Gasteiger partial charge in [-0.25, -0.2) is 4.98 Å². The fourth-order valence-electron chi connectivity index (χ4n) is 1.76. The topological polar surface area (TPSA) is 99.5 Å². The number of halogens is 3. The monoisotopic (exact) mass is 368 g/mol. The number of carbonyl (C=O) groups excluding carboxylic acids is 1. The Hall–Kier alpha value is -1.68. The first-order valence-corrected chi connectivity index (χ1v) is 7.89. The molecule has 0 fully saturated rings. The minimum atomic E-state index is -5.07. The van der Waals surface area contributed by atoms with Crippen molar-refractivity contribution in [1.82, 2.24) is 10.3 Å². The van der Waals surface area contributed by atoms with Crippen LogP contribution >= 0.6 is 11.3 Å². The second-order valence-corrected chi connectivity index (χ2v) is 6.98. The Morgan fingerprint density at radius 3 is 2.33 bits per heavy atom. The summed E-state index contributed by atoms with van der Waals surface area (Å²) in [5.74, 6) is -2.12. The predicted octanol–water partition coefficient (Wildman–Crippen LogP) is 2.21. The van der Waals surface area contributed by atoms with Gasteiger partial charge in [0.2, 0.25) is 11.5 Å². The number of aliphatic hydroxyl groups is 1. The summed E-state index contributed by atoms with van der Waals surface area (Å²) in [6, 6.07) is 0. The summed E-state index contributed by atoms with van der Waals surface area (Å²) >= 11 is 0.619. The summed E-state index contributed by atoms with van der Waals surface area (Å²) in [5, 5.41) is 21.9. The number of carbonyl (C=O) groups is 2. The van der Waals surface area contributed by atoms with E-state index in [-0.39, 0.29) is 13.0 Å². The Morgan fingerprint density at radius 2 is 1.92 bits per heavy atom. The second-order valence-electron chi connectivity index (χ2n) is 6.12. The number of carboxylic acid groups (broad SMARTS) is 1. The van der Waals surface area contributed by atoms with Crippen LogP contribution in [0.2, 0.25) is 0 Å². The van der Waals surface area contributed by atoms with Crippen molar-refractivity contribution in [2.24, 2.45) is 5.41 Å². The van der Waals surface area contributed by atoms with Crippen molar-refractivity contribution >= 4 is 23.2 Å². The number of aromatic nitrogens is 1. The molecule has 0 bridgehead atoms. The molecule has 0 saturated heterocycles. The molecule has 1 heterocycles. The quantitative estimate of drug-likeness (QED) is 0.685. The van der Waals surface area contributed by atoms with Crippen molar-refractivity contribution in [3.8, 4) is 0 Å². The molecule has 0 aromatic carbocycles. The van der Waals surface area contributed by atoms with Gasteiger partial charge < -0.3 is 15.5 Å². The van der Waals surface area contributed by atoms with E-state index in [9.17, 15) is 27.9 Å². The largest absolute Gasteiger partial charge is 0.481 e. The highest BCUT2D eigenvalue weighted by molar-refractivity contribution is 7.09. The van der Waals surface area contributed by atoms with Crippen LogP contribution in [0.4, 0.5) is 13.2 Å². The summed E-state index contributed by atoms with van der Waals surface area (Å²) in [4.78, 5) is 26.4. The molecule has 24 heavy (non-hydrogen) atoms. The van der Waals surface area contributed by atoms with Crippen LogP contribution in [0.1, 0.15) is 37.4 Å². The van der Waals surface area contributed by atoms with Gasteiger partial charge in [0.15, 0.2) is 0 Å². The molecule has 6 nitrogen and oxygen atoms in total. The van der Waals surface area contributed by atoms with Gasteiger partial charge in [-0.1, -0.05) is 0 Å². The summed E-state index contributed by atoms with van der Waals surface area (Å²) in [6.07, 6.45) is -6.28. The first-order valence-electron chi connectivity index (χ1n) is 7.01. The molecule has 1 unspecified atom stereocenters. The number of nitrogens with one attached hydrogen (secondary N) is 1. The predicted molar refractivity (Wildman–Crippen MR) is 80.5 cm³/mol. The van der Waals surface area contributed by atoms with Crippen LogP contribution in [0.5, 0.6) is 0 Å². The number of aryl methyl sites for hydroxylation is 1. The standard InChI is InChI=1S/C14H19F3N2O4S/c1-8-7-24-10(19-8)13(23,14(15,16)17)6-9(20)18-5-4-12(2,3)11(21)22/h7,23H,4-6H2,1-3H3,(H,18,20)(H,21,22). The van der Waals surface area contributed by atoms with Gasteiger partial charge in [0.1, 0.15) is 5.01 Å². The number of amides is 1. The number of nitrogens with zero attached hydrogens (tertiary/aromatic N) is 1. The molecule has 0 aliphatic heterocycles. The van der Waals surface area contributed by atoms with E-state index in [4.69, 9.17) is 5.11 Å². The first-order chi connectivity index (χ1) is 10.8. The Morgan fingerprint density at radius 1 is 1.33 bits per heavy atom. The van der Waals surface area contributed by atoms with Gasteiger partial charge in [-0.15, -0.1) is 11.3 Å². The van der Waals surface area contributed by atoms with Crippen molar-refractivity contribution in [1.29, 1.82) is 0 Å². The number of alkyl halides is 3. The van der Waals surface area contributed by atoms with Crippen molar-refractivity contribution in [2.75, 3.05) is 6.54 Å². The van der Waals surface area contributed by atoms with Crippen LogP contribution in [0.15, 0.2) is 5.38 Å². The highest BCUT2D eigenvalue weighted by Gasteiger charge is 2.58. The Bertz CT molecular complexity index is 615. The molecule has 0 radical (unpaired) electrons. The van der Waals surface area contributed by atoms with Crippen LogP contribution in [-0.2, 0) is 15.2 Å². The molecule has 136 valence electrons. The van der Waals surface area contributed by atoms with Gasteiger partial charge >= 0.3 is 12.1 Å². The summed E-state index contributed by atoms with van der Waals surface area (Å²) in [6.45, 7) is 4.23. The maximum absolute atomic E-state index is 13.2. The average molecular weight is 368 g/mol. The molecule has 10 heteroatoms. The van der Waals surface area contributed by atoms with Crippen LogP contribution in [0, 0.1) is 12.3 Å². The zero-order valence-electron chi connectivity index (χ0n) is 13.4. The van der Waals surface area contributed by atoms with E-state index < -0.39 is 40.5 Å². The minimum Gasteiger partial charge on any atom is -0.481 e. The van der Waals surface area contributed by atoms with Crippen molar-refractivity contribution < 1.29 is 33.0 Å². The second kappa shape index (κ2) is 7.06. The van der Waals surface area contributed by atoms with E-state index in [0.29, 0.717) is 17.0 Å². The van der Waals surface area contributed by atoms with Gasteiger partial charge in [-0.3, -0.25) is 9.59 Å². The molecule has 1 atom stereocenters. The molecule has 1 amide bonds. The third-order valence-electron chi connectivity index (χ3n) is 3.51. The third-order valence-corrected chi connectivity index (χ3v) is 4.62. The molecule has 0 aliphatic rings. The van der Waals surface area contributed by atoms with Gasteiger partial charge in [-0.05, 0) is 27.2 Å². The SMILES string of the molecule is Cc1csc(C(O)(CC(=O)NCCC(C)(C)C(=O)O)C(F)(F)F)n1. The van der Waals surface area contributed by atoms with Crippen LogP contribution in [0.25, 0.3) is 0 Å². The zero-order valence-corrected chi connectivity index (χ0v) is 14.2. The van der Waals surface area contributed by atoms with Crippen LogP contribution in [0.3, 0.4) is 0 Å². The van der Waals surface area contributed by atoms with Crippen molar-refractivity contribution in [3.63, 3.8) is 0 Å². The molecular weight excluding hydrogens is 349 g/mol. The van der Waals surface area contributed by atoms with Crippen molar-refractivity contribution in [2.45, 2.75) is 45.4 Å². The third kappa shape index (κ3) is 4.67. The lowest BCUT2D eigenvalue weighted by atomic mass is 9.89. The number of hydrogen-bond acceptors (Lipinski definition) is 5. The lowest BCUT2D eigenvalue weighted by Gasteiger charge is -2.28. The van der Waals surface area contributed by atoms with Gasteiger partial charge in [-0.2, -0.15) is 13.2 Å². The molecule has 1 rings (SSSR count). The molecule has 0 spiro atoms. The summed E-state index contributed by atoms with van der Waals surface area (Å²) in [7, 11) is 0. The minimum absolute atomic E-state index is 0.0366. The molecule has 1 aromatic rings.